The molecule has 0 aliphatic carbocycles. The molecule has 0 saturated heterocycles. The normalized spacial score (nSPS) is 10.3. The molecule has 0 unspecified atom stereocenters. The van der Waals surface area contributed by atoms with Gasteiger partial charge in [0, 0.05) is 5.56 Å². The third-order valence-corrected chi connectivity index (χ3v) is 3.30. The van der Waals surface area contributed by atoms with E-state index in [0.29, 0.717) is 6.61 Å². The smallest absolute Gasteiger partial charge is 0.125 e. The second-order valence-corrected chi connectivity index (χ2v) is 4.85. The van der Waals surface area contributed by atoms with E-state index < -0.39 is 0 Å². The minimum Gasteiger partial charge on any atom is -0.496 e. The topological polar surface area (TPSA) is 18.5 Å². The van der Waals surface area contributed by atoms with E-state index in [1.54, 1.807) is 7.11 Å². The molecule has 0 bridgehead atoms. The molecule has 0 amide bonds. The number of methoxy groups -OCH3 is 1. The van der Waals surface area contributed by atoms with E-state index in [9.17, 15) is 0 Å². The summed E-state index contributed by atoms with van der Waals surface area (Å²) in [7, 11) is 1.68. The summed E-state index contributed by atoms with van der Waals surface area (Å²) in [4.78, 5) is 0. The van der Waals surface area contributed by atoms with E-state index in [-0.39, 0.29) is 0 Å². The van der Waals surface area contributed by atoms with Crippen LogP contribution in [0.4, 0.5) is 0 Å². The van der Waals surface area contributed by atoms with Crippen LogP contribution in [0.3, 0.4) is 0 Å². The van der Waals surface area contributed by atoms with E-state index in [1.807, 2.05) is 30.3 Å². The van der Waals surface area contributed by atoms with Gasteiger partial charge in [0.1, 0.15) is 18.1 Å². The zero-order valence-electron chi connectivity index (χ0n) is 12.3. The maximum Gasteiger partial charge on any atom is 0.125 e. The van der Waals surface area contributed by atoms with Crippen LogP contribution in [-0.2, 0) is 13.0 Å². The van der Waals surface area contributed by atoms with Crippen molar-refractivity contribution in [2.24, 2.45) is 0 Å². The summed E-state index contributed by atoms with van der Waals surface area (Å²) in [5.74, 6) is 1.79. The Balaban J connectivity index is 1.99. The molecule has 0 aliphatic rings. The van der Waals surface area contributed by atoms with E-state index in [4.69, 9.17) is 9.47 Å². The molecule has 0 aliphatic heterocycles. The molecule has 0 aromatic heterocycles. The van der Waals surface area contributed by atoms with Crippen LogP contribution in [0.5, 0.6) is 11.5 Å². The first-order valence-electron chi connectivity index (χ1n) is 7.17. The van der Waals surface area contributed by atoms with Crippen LogP contribution in [0.25, 0.3) is 0 Å². The molecule has 20 heavy (non-hydrogen) atoms. The predicted molar refractivity (Wildman–Crippen MR) is 82.4 cm³/mol. The van der Waals surface area contributed by atoms with E-state index in [0.717, 1.165) is 23.5 Å². The second-order valence-electron chi connectivity index (χ2n) is 4.85. The number of hydrogen-bond donors (Lipinski definition) is 0. The minimum absolute atomic E-state index is 0.529. The second kappa shape index (κ2) is 7.59. The van der Waals surface area contributed by atoms with Crippen LogP contribution in [0, 0.1) is 0 Å². The fourth-order valence-corrected chi connectivity index (χ4v) is 2.15. The first-order chi connectivity index (χ1) is 9.83. The van der Waals surface area contributed by atoms with Crippen molar-refractivity contribution < 1.29 is 9.47 Å². The van der Waals surface area contributed by atoms with Crippen molar-refractivity contribution >= 4 is 0 Å². The zero-order valence-corrected chi connectivity index (χ0v) is 12.3. The summed E-state index contributed by atoms with van der Waals surface area (Å²) in [5, 5.41) is 0. The molecular weight excluding hydrogens is 248 g/mol. The number of benzene rings is 2. The van der Waals surface area contributed by atoms with Crippen LogP contribution < -0.4 is 9.47 Å². The van der Waals surface area contributed by atoms with Gasteiger partial charge in [-0.05, 0) is 36.6 Å². The molecular formula is C18H22O2. The van der Waals surface area contributed by atoms with Gasteiger partial charge in [0.05, 0.1) is 7.11 Å². The lowest BCUT2D eigenvalue weighted by Crippen LogP contribution is -1.99. The number of para-hydroxylation sites is 1. The summed E-state index contributed by atoms with van der Waals surface area (Å²) in [6.07, 6.45) is 3.55. The van der Waals surface area contributed by atoms with Crippen LogP contribution in [0.15, 0.2) is 48.5 Å². The quantitative estimate of drug-likeness (QED) is 0.731. The van der Waals surface area contributed by atoms with Gasteiger partial charge >= 0.3 is 0 Å². The molecule has 2 aromatic carbocycles. The van der Waals surface area contributed by atoms with Crippen molar-refractivity contribution in [1.29, 1.82) is 0 Å². The third kappa shape index (κ3) is 4.02. The first-order valence-corrected chi connectivity index (χ1v) is 7.17. The number of hydrogen-bond acceptors (Lipinski definition) is 2. The number of ether oxygens (including phenoxy) is 2. The molecule has 2 nitrogen and oxygen atoms in total. The summed E-state index contributed by atoms with van der Waals surface area (Å²) < 4.78 is 11.2. The largest absolute Gasteiger partial charge is 0.496 e. The molecule has 106 valence electrons. The van der Waals surface area contributed by atoms with Gasteiger partial charge in [-0.25, -0.2) is 0 Å². The molecule has 0 radical (unpaired) electrons. The highest BCUT2D eigenvalue weighted by Gasteiger charge is 2.03. The van der Waals surface area contributed by atoms with Crippen LogP contribution >= 0.6 is 0 Å². The maximum absolute atomic E-state index is 5.88. The van der Waals surface area contributed by atoms with Crippen LogP contribution in [0.1, 0.15) is 30.9 Å². The highest BCUT2D eigenvalue weighted by Crippen LogP contribution is 2.21. The molecule has 0 heterocycles. The average molecular weight is 270 g/mol. The first kappa shape index (κ1) is 14.4. The Bertz CT molecular complexity index is 534. The molecule has 2 aromatic rings. The standard InChI is InChI=1S/C18H22O2/c1-3-4-8-15-9-7-11-17(13-15)20-14-16-10-5-6-12-18(16)19-2/h5-7,9-13H,3-4,8,14H2,1-2H3. The Morgan fingerprint density at radius 3 is 2.65 bits per heavy atom. The van der Waals surface area contributed by atoms with Gasteiger partial charge in [0.15, 0.2) is 0 Å². The number of aryl methyl sites for hydroxylation is 1. The number of rotatable bonds is 7. The predicted octanol–water partition coefficient (Wildman–Crippen LogP) is 4.62. The maximum atomic E-state index is 5.88. The Hall–Kier alpha value is -1.96. The average Bonchev–Trinajstić information content (AvgIpc) is 2.51. The Labute approximate surface area is 121 Å². The van der Waals surface area contributed by atoms with Crippen molar-refractivity contribution in [3.8, 4) is 11.5 Å². The monoisotopic (exact) mass is 270 g/mol. The van der Waals surface area contributed by atoms with E-state index in [2.05, 4.69) is 25.1 Å². The molecule has 2 heteroatoms. The Kier molecular flexibility index (Phi) is 5.48. The Morgan fingerprint density at radius 2 is 1.85 bits per heavy atom. The van der Waals surface area contributed by atoms with Crippen molar-refractivity contribution in [1.82, 2.24) is 0 Å². The zero-order chi connectivity index (χ0) is 14.2. The molecule has 0 spiro atoms. The Morgan fingerprint density at radius 1 is 1.00 bits per heavy atom. The molecule has 0 atom stereocenters. The molecule has 0 fully saturated rings. The highest BCUT2D eigenvalue weighted by atomic mass is 16.5. The molecule has 2 rings (SSSR count). The van der Waals surface area contributed by atoms with Crippen LogP contribution in [-0.4, -0.2) is 7.11 Å². The molecule has 0 saturated carbocycles. The van der Waals surface area contributed by atoms with Gasteiger partial charge < -0.3 is 9.47 Å². The van der Waals surface area contributed by atoms with Gasteiger partial charge in [-0.3, -0.25) is 0 Å². The lowest BCUT2D eigenvalue weighted by atomic mass is 10.1. The van der Waals surface area contributed by atoms with Crippen LogP contribution in [0.2, 0.25) is 0 Å². The van der Waals surface area contributed by atoms with E-state index >= 15 is 0 Å². The summed E-state index contributed by atoms with van der Waals surface area (Å²) >= 11 is 0. The van der Waals surface area contributed by atoms with Gasteiger partial charge in [-0.2, -0.15) is 0 Å². The van der Waals surface area contributed by atoms with Crippen molar-refractivity contribution in [2.45, 2.75) is 32.8 Å². The SMILES string of the molecule is CCCCc1cccc(OCc2ccccc2OC)c1. The summed E-state index contributed by atoms with van der Waals surface area (Å²) in [5.41, 5.74) is 2.40. The molecule has 0 N–H and O–H groups in total. The van der Waals surface area contributed by atoms with Gasteiger partial charge in [0.25, 0.3) is 0 Å². The van der Waals surface area contributed by atoms with Crippen molar-refractivity contribution in [3.63, 3.8) is 0 Å². The van der Waals surface area contributed by atoms with Gasteiger partial charge in [-0.15, -0.1) is 0 Å². The summed E-state index contributed by atoms with van der Waals surface area (Å²) in [6.45, 7) is 2.74. The highest BCUT2D eigenvalue weighted by molar-refractivity contribution is 5.34. The van der Waals surface area contributed by atoms with Crippen molar-refractivity contribution in [3.05, 3.63) is 59.7 Å². The van der Waals surface area contributed by atoms with Gasteiger partial charge in [0.2, 0.25) is 0 Å². The number of unbranched alkanes of at least 4 members (excludes halogenated alkanes) is 1. The minimum atomic E-state index is 0.529. The summed E-state index contributed by atoms with van der Waals surface area (Å²) in [6, 6.07) is 16.3. The van der Waals surface area contributed by atoms with E-state index in [1.165, 1.54) is 18.4 Å². The fourth-order valence-electron chi connectivity index (χ4n) is 2.15. The van der Waals surface area contributed by atoms with Crippen molar-refractivity contribution in [2.75, 3.05) is 7.11 Å². The lowest BCUT2D eigenvalue weighted by molar-refractivity contribution is 0.296. The third-order valence-electron chi connectivity index (χ3n) is 3.30. The lowest BCUT2D eigenvalue weighted by Gasteiger charge is -2.11. The fraction of sp³-hybridized carbons (Fsp3) is 0.333. The van der Waals surface area contributed by atoms with Gasteiger partial charge in [-0.1, -0.05) is 43.7 Å².